The van der Waals surface area contributed by atoms with E-state index in [0.29, 0.717) is 24.4 Å². The molecule has 0 spiro atoms. The van der Waals surface area contributed by atoms with Crippen LogP contribution in [0.2, 0.25) is 0 Å². The van der Waals surface area contributed by atoms with Crippen LogP contribution in [0.5, 0.6) is 0 Å². The van der Waals surface area contributed by atoms with E-state index in [1.165, 1.54) is 0 Å². The van der Waals surface area contributed by atoms with Crippen molar-refractivity contribution in [2.24, 2.45) is 4.99 Å². The van der Waals surface area contributed by atoms with Gasteiger partial charge in [0.25, 0.3) is 0 Å². The Morgan fingerprint density at radius 3 is 2.53 bits per heavy atom. The molecule has 2 aromatic carbocycles. The lowest BCUT2D eigenvalue weighted by Crippen LogP contribution is -2.34. The summed E-state index contributed by atoms with van der Waals surface area (Å²) in [5.74, 6) is 0.646. The van der Waals surface area contributed by atoms with Crippen molar-refractivity contribution in [3.8, 4) is 11.5 Å². The molecule has 1 N–H and O–H groups in total. The first-order valence-corrected chi connectivity index (χ1v) is 13.6. The molecule has 1 aromatic heterocycles. The van der Waals surface area contributed by atoms with Crippen LogP contribution in [-0.2, 0) is 10.0 Å². The summed E-state index contributed by atoms with van der Waals surface area (Å²) in [6.07, 6.45) is 4.60. The first kappa shape index (κ1) is 23.9. The molecule has 0 amide bonds. The van der Waals surface area contributed by atoms with Crippen molar-refractivity contribution < 1.29 is 12.8 Å². The van der Waals surface area contributed by atoms with Crippen LogP contribution in [-0.4, -0.2) is 44.3 Å². The Labute approximate surface area is 209 Å². The number of nitrogens with one attached hydrogen (secondary N) is 1. The van der Waals surface area contributed by atoms with E-state index in [0.717, 1.165) is 57.1 Å². The van der Waals surface area contributed by atoms with Crippen LogP contribution >= 0.6 is 0 Å². The molecule has 1 aliphatic heterocycles. The SMILES string of the molecule is CCN(CCNS(C)(=O)=O)c1cc(C)c2nc3c4ccccc4/c(=N\c4ccncc4)cc-3oc2c1. The van der Waals surface area contributed by atoms with E-state index >= 15 is 0 Å². The topological polar surface area (TPSA) is 101 Å². The zero-order chi connectivity index (χ0) is 25.3. The van der Waals surface area contributed by atoms with Crippen molar-refractivity contribution >= 4 is 43.3 Å². The van der Waals surface area contributed by atoms with Crippen LogP contribution in [0, 0.1) is 6.92 Å². The molecule has 2 aliphatic rings. The van der Waals surface area contributed by atoms with Gasteiger partial charge in [-0.05, 0) is 37.6 Å². The monoisotopic (exact) mass is 501 g/mol. The van der Waals surface area contributed by atoms with Crippen molar-refractivity contribution in [1.82, 2.24) is 14.7 Å². The minimum absolute atomic E-state index is 0.322. The van der Waals surface area contributed by atoms with Gasteiger partial charge in [0, 0.05) is 60.6 Å². The highest BCUT2D eigenvalue weighted by molar-refractivity contribution is 7.88. The van der Waals surface area contributed by atoms with Crippen LogP contribution < -0.4 is 15.0 Å². The molecule has 1 aliphatic carbocycles. The van der Waals surface area contributed by atoms with Crippen LogP contribution in [0.25, 0.3) is 33.3 Å². The summed E-state index contributed by atoms with van der Waals surface area (Å²) in [5, 5.41) is 2.76. The van der Waals surface area contributed by atoms with Crippen LogP contribution in [0.15, 0.2) is 76.4 Å². The largest absolute Gasteiger partial charge is 0.453 e. The molecular weight excluding hydrogens is 474 g/mol. The number of benzene rings is 3. The Kier molecular flexibility index (Phi) is 6.42. The van der Waals surface area contributed by atoms with Crippen LogP contribution in [0.1, 0.15) is 12.5 Å². The minimum Gasteiger partial charge on any atom is -0.453 e. The number of pyridine rings is 1. The number of fused-ring (bicyclic) bond motifs is 4. The molecule has 8 nitrogen and oxygen atoms in total. The fraction of sp³-hybridized carbons (Fsp3) is 0.222. The Bertz CT molecular complexity index is 1700. The number of hydrogen-bond donors (Lipinski definition) is 1. The third-order valence-electron chi connectivity index (χ3n) is 6.06. The lowest BCUT2D eigenvalue weighted by atomic mass is 10.0. The molecule has 0 radical (unpaired) electrons. The van der Waals surface area contributed by atoms with Gasteiger partial charge < -0.3 is 9.32 Å². The van der Waals surface area contributed by atoms with Gasteiger partial charge in [-0.25, -0.2) is 23.1 Å². The number of aryl methyl sites for hydroxylation is 1. The number of nitrogens with zero attached hydrogens (tertiary/aromatic N) is 4. The summed E-state index contributed by atoms with van der Waals surface area (Å²) in [7, 11) is -3.24. The molecule has 0 fully saturated rings. The summed E-state index contributed by atoms with van der Waals surface area (Å²) < 4.78 is 31.9. The Hall–Kier alpha value is -3.82. The fourth-order valence-electron chi connectivity index (χ4n) is 4.36. The van der Waals surface area contributed by atoms with Gasteiger partial charge in [-0.3, -0.25) is 4.98 Å². The van der Waals surface area contributed by atoms with Crippen molar-refractivity contribution in [1.29, 1.82) is 0 Å². The summed E-state index contributed by atoms with van der Waals surface area (Å²) in [6.45, 7) is 5.63. The summed E-state index contributed by atoms with van der Waals surface area (Å²) in [5.41, 5.74) is 4.98. The average molecular weight is 502 g/mol. The van der Waals surface area contributed by atoms with E-state index in [4.69, 9.17) is 14.4 Å². The van der Waals surface area contributed by atoms with Gasteiger partial charge in [0.05, 0.1) is 17.3 Å². The Balaban J connectivity index is 1.66. The molecule has 3 aromatic rings. The number of anilines is 1. The maximum absolute atomic E-state index is 11.5. The van der Waals surface area contributed by atoms with Crippen molar-refractivity contribution in [3.05, 3.63) is 77.9 Å². The number of hydrogen-bond acceptors (Lipinski definition) is 7. The average Bonchev–Trinajstić information content (AvgIpc) is 2.86. The molecule has 0 unspecified atom stereocenters. The zero-order valence-corrected chi connectivity index (χ0v) is 21.2. The molecule has 0 saturated carbocycles. The summed E-state index contributed by atoms with van der Waals surface area (Å²) in [4.78, 5) is 16.0. The van der Waals surface area contributed by atoms with E-state index < -0.39 is 10.0 Å². The van der Waals surface area contributed by atoms with Gasteiger partial charge in [0.2, 0.25) is 10.0 Å². The summed E-state index contributed by atoms with van der Waals surface area (Å²) >= 11 is 0. The van der Waals surface area contributed by atoms with Crippen molar-refractivity contribution in [2.45, 2.75) is 13.8 Å². The Morgan fingerprint density at radius 2 is 1.81 bits per heavy atom. The van der Waals surface area contributed by atoms with Gasteiger partial charge in [-0.1, -0.05) is 24.3 Å². The molecular formula is C27H27N5O3S. The quantitative estimate of drug-likeness (QED) is 0.262. The van der Waals surface area contributed by atoms with E-state index in [2.05, 4.69) is 20.7 Å². The molecule has 0 bridgehead atoms. The van der Waals surface area contributed by atoms with Gasteiger partial charge in [0.1, 0.15) is 11.2 Å². The van der Waals surface area contributed by atoms with E-state index in [9.17, 15) is 8.42 Å². The maximum Gasteiger partial charge on any atom is 0.208 e. The fourth-order valence-corrected chi connectivity index (χ4v) is 4.82. The summed E-state index contributed by atoms with van der Waals surface area (Å²) in [6, 6.07) is 17.8. The smallest absolute Gasteiger partial charge is 0.208 e. The second kappa shape index (κ2) is 9.67. The van der Waals surface area contributed by atoms with E-state index in [1.807, 2.05) is 62.4 Å². The first-order chi connectivity index (χ1) is 17.3. The Morgan fingerprint density at radius 1 is 1.06 bits per heavy atom. The first-order valence-electron chi connectivity index (χ1n) is 11.7. The van der Waals surface area contributed by atoms with E-state index in [1.54, 1.807) is 12.4 Å². The van der Waals surface area contributed by atoms with Crippen LogP contribution in [0.3, 0.4) is 0 Å². The van der Waals surface area contributed by atoms with Gasteiger partial charge in [-0.15, -0.1) is 0 Å². The molecule has 5 rings (SSSR count). The van der Waals surface area contributed by atoms with Gasteiger partial charge in [0.15, 0.2) is 11.3 Å². The van der Waals surface area contributed by atoms with Crippen molar-refractivity contribution in [3.63, 3.8) is 0 Å². The number of rotatable bonds is 7. The lowest BCUT2D eigenvalue weighted by Gasteiger charge is -2.24. The molecule has 9 heteroatoms. The molecule has 0 atom stereocenters. The maximum atomic E-state index is 11.5. The molecule has 36 heavy (non-hydrogen) atoms. The van der Waals surface area contributed by atoms with Crippen LogP contribution in [0.4, 0.5) is 11.4 Å². The van der Waals surface area contributed by atoms with E-state index in [-0.39, 0.29) is 0 Å². The molecule has 0 saturated heterocycles. The number of likely N-dealkylation sites (N-methyl/N-ethyl adjacent to an activating group) is 1. The minimum atomic E-state index is -3.24. The predicted molar refractivity (Wildman–Crippen MR) is 143 cm³/mol. The molecule has 2 heterocycles. The predicted octanol–water partition coefficient (Wildman–Crippen LogP) is 4.40. The molecule has 184 valence electrons. The highest BCUT2D eigenvalue weighted by Crippen LogP contribution is 2.33. The number of sulfonamides is 1. The third kappa shape index (κ3) is 4.93. The lowest BCUT2D eigenvalue weighted by molar-refractivity contribution is 0.587. The standard InChI is InChI=1S/C27H27N5O3S/c1-4-32(14-13-29-36(3,33)34)20-15-18(2)26-24(16-20)35-25-17-23(30-19-9-11-28-12-10-19)21-7-5-6-8-22(21)27(25)31-26/h5-12,15-17,29H,4,13-14H2,1-3H3/b30-23-. The van der Waals surface area contributed by atoms with Crippen molar-refractivity contribution in [2.75, 3.05) is 30.8 Å². The number of aromatic nitrogens is 2. The third-order valence-corrected chi connectivity index (χ3v) is 6.79. The highest BCUT2D eigenvalue weighted by Gasteiger charge is 2.17. The second-order valence-electron chi connectivity index (χ2n) is 8.67. The normalized spacial score (nSPS) is 12.6. The highest BCUT2D eigenvalue weighted by atomic mass is 32.2. The second-order valence-corrected chi connectivity index (χ2v) is 10.5. The zero-order valence-electron chi connectivity index (χ0n) is 20.4. The van der Waals surface area contributed by atoms with Gasteiger partial charge >= 0.3 is 0 Å². The van der Waals surface area contributed by atoms with Gasteiger partial charge in [-0.2, -0.15) is 0 Å².